The van der Waals surface area contributed by atoms with E-state index in [0.29, 0.717) is 35.2 Å². The molecule has 11 heteroatoms. The summed E-state index contributed by atoms with van der Waals surface area (Å²) < 4.78 is 7.31. The monoisotopic (exact) mass is 649 g/mol. The van der Waals surface area contributed by atoms with Gasteiger partial charge in [-0.2, -0.15) is 0 Å². The van der Waals surface area contributed by atoms with Crippen LogP contribution in [-0.2, 0) is 24.8 Å². The van der Waals surface area contributed by atoms with Crippen molar-refractivity contribution >= 4 is 57.8 Å². The Balaban J connectivity index is 1.24. The Hall–Kier alpha value is -5.22. The Bertz CT molecular complexity index is 2050. The molecule has 2 aromatic carbocycles. The molecule has 0 spiro atoms. The van der Waals surface area contributed by atoms with Crippen LogP contribution in [0.15, 0.2) is 67.5 Å². The molecule has 2 N–H and O–H groups in total. The average molecular weight is 650 g/mol. The van der Waals surface area contributed by atoms with Crippen molar-refractivity contribution in [3.63, 3.8) is 0 Å². The summed E-state index contributed by atoms with van der Waals surface area (Å²) in [5.74, 6) is 0.477. The predicted molar refractivity (Wildman–Crippen MR) is 186 cm³/mol. The molecule has 3 aromatic heterocycles. The van der Waals surface area contributed by atoms with Crippen LogP contribution in [0.2, 0.25) is 5.02 Å². The number of carbonyl (C=O) groups excluding carboxylic acids is 2. The van der Waals surface area contributed by atoms with Crippen molar-refractivity contribution in [2.24, 2.45) is 7.05 Å². The number of hydrogen-bond donors (Lipinski definition) is 2. The van der Waals surface area contributed by atoms with Crippen LogP contribution in [0.4, 0.5) is 22.0 Å². The molecule has 2 amide bonds. The Morgan fingerprint density at radius 1 is 1.06 bits per heavy atom. The zero-order valence-electron chi connectivity index (χ0n) is 27.0. The highest BCUT2D eigenvalue weighted by atomic mass is 35.5. The fraction of sp³-hybridized carbons (Fsp3) is 0.250. The number of benzene rings is 2. The highest BCUT2D eigenvalue weighted by Crippen LogP contribution is 2.38. The van der Waals surface area contributed by atoms with E-state index in [4.69, 9.17) is 16.3 Å². The van der Waals surface area contributed by atoms with Crippen molar-refractivity contribution in [2.45, 2.75) is 46.3 Å². The summed E-state index contributed by atoms with van der Waals surface area (Å²) in [5, 5.41) is 7.75. The molecule has 6 rings (SSSR count). The van der Waals surface area contributed by atoms with Gasteiger partial charge in [0, 0.05) is 54.7 Å². The van der Waals surface area contributed by atoms with Gasteiger partial charge in [0.1, 0.15) is 11.1 Å². The Kier molecular flexibility index (Phi) is 8.46. The summed E-state index contributed by atoms with van der Waals surface area (Å²) in [6.45, 7) is 12.1. The molecule has 1 aliphatic rings. The summed E-state index contributed by atoms with van der Waals surface area (Å²) in [5.41, 5.74) is 6.58. The van der Waals surface area contributed by atoms with Gasteiger partial charge in [-0.3, -0.25) is 9.78 Å². The first-order valence-corrected chi connectivity index (χ1v) is 15.7. The number of pyridine rings is 2. The van der Waals surface area contributed by atoms with Crippen molar-refractivity contribution in [3.05, 3.63) is 101 Å². The molecule has 0 saturated carbocycles. The van der Waals surface area contributed by atoms with Gasteiger partial charge in [0.15, 0.2) is 11.6 Å². The second-order valence-corrected chi connectivity index (χ2v) is 12.8. The summed E-state index contributed by atoms with van der Waals surface area (Å²) in [6, 6.07) is 15.4. The van der Waals surface area contributed by atoms with Crippen LogP contribution in [0.1, 0.15) is 53.9 Å². The zero-order chi connectivity index (χ0) is 33.5. The molecule has 0 atom stereocenters. The van der Waals surface area contributed by atoms with Crippen LogP contribution < -0.4 is 10.6 Å². The number of imidazole rings is 1. The third kappa shape index (κ3) is 6.41. The molecule has 0 radical (unpaired) electrons. The van der Waals surface area contributed by atoms with Gasteiger partial charge in [0.05, 0.1) is 22.9 Å². The van der Waals surface area contributed by atoms with E-state index in [2.05, 4.69) is 32.2 Å². The van der Waals surface area contributed by atoms with E-state index >= 15 is 0 Å². The van der Waals surface area contributed by atoms with Gasteiger partial charge in [-0.15, -0.1) is 0 Å². The number of fused-ring (bicyclic) bond motifs is 2. The molecular formula is C36H36ClN7O3. The maximum absolute atomic E-state index is 13.5. The molecule has 0 aliphatic carbocycles. The smallest absolute Gasteiger partial charge is 0.410 e. The summed E-state index contributed by atoms with van der Waals surface area (Å²) >= 11 is 6.96. The Labute approximate surface area is 278 Å². The Morgan fingerprint density at radius 2 is 1.81 bits per heavy atom. The number of rotatable bonds is 6. The van der Waals surface area contributed by atoms with Gasteiger partial charge in [-0.25, -0.2) is 14.8 Å². The van der Waals surface area contributed by atoms with Crippen molar-refractivity contribution < 1.29 is 14.3 Å². The number of ether oxygens (including phenoxy) is 1. The predicted octanol–water partition coefficient (Wildman–Crippen LogP) is 7.92. The lowest BCUT2D eigenvalue weighted by molar-refractivity contribution is 0.0220. The SMILES string of the molecule is C=Cc1cnc2c(Nc3cccc(-c4cccc(NC(=O)c5nc6c(n5C)CCN(C(=O)OC(C)(C)C)C6)c4Cl)c3C)nccc2c1. The second kappa shape index (κ2) is 12.5. The van der Waals surface area contributed by atoms with E-state index in [1.165, 1.54) is 0 Å². The largest absolute Gasteiger partial charge is 0.444 e. The minimum absolute atomic E-state index is 0.237. The molecule has 47 heavy (non-hydrogen) atoms. The van der Waals surface area contributed by atoms with Crippen LogP contribution in [0, 0.1) is 6.92 Å². The van der Waals surface area contributed by atoms with E-state index in [1.807, 2.05) is 77.2 Å². The minimum Gasteiger partial charge on any atom is -0.444 e. The van der Waals surface area contributed by atoms with Crippen LogP contribution in [-0.4, -0.2) is 48.6 Å². The lowest BCUT2D eigenvalue weighted by atomic mass is 9.98. The summed E-state index contributed by atoms with van der Waals surface area (Å²) in [6.07, 6.45) is 5.44. The van der Waals surface area contributed by atoms with Crippen LogP contribution in [0.5, 0.6) is 0 Å². The number of aromatic nitrogens is 4. The van der Waals surface area contributed by atoms with Crippen molar-refractivity contribution in [1.82, 2.24) is 24.4 Å². The molecule has 1 aliphatic heterocycles. The first-order valence-electron chi connectivity index (χ1n) is 15.3. The van der Waals surface area contributed by atoms with Gasteiger partial charge in [-0.1, -0.05) is 48.5 Å². The van der Waals surface area contributed by atoms with Gasteiger partial charge in [0.25, 0.3) is 5.91 Å². The minimum atomic E-state index is -0.599. The molecule has 0 saturated heterocycles. The lowest BCUT2D eigenvalue weighted by Gasteiger charge is -2.29. The number of hydrogen-bond acceptors (Lipinski definition) is 7. The van der Waals surface area contributed by atoms with Gasteiger partial charge in [0.2, 0.25) is 0 Å². The van der Waals surface area contributed by atoms with E-state index in [0.717, 1.165) is 44.5 Å². The quantitative estimate of drug-likeness (QED) is 0.192. The van der Waals surface area contributed by atoms with Crippen molar-refractivity contribution in [1.29, 1.82) is 0 Å². The first kappa shape index (κ1) is 31.7. The number of halogens is 1. The second-order valence-electron chi connectivity index (χ2n) is 12.5. The molecule has 0 fully saturated rings. The highest BCUT2D eigenvalue weighted by molar-refractivity contribution is 6.36. The molecule has 0 unspecified atom stereocenters. The molecule has 4 heterocycles. The highest BCUT2D eigenvalue weighted by Gasteiger charge is 2.30. The maximum atomic E-state index is 13.5. The van der Waals surface area contributed by atoms with Gasteiger partial charge < -0.3 is 24.8 Å². The van der Waals surface area contributed by atoms with Gasteiger partial charge >= 0.3 is 6.09 Å². The van der Waals surface area contributed by atoms with E-state index in [1.54, 1.807) is 34.0 Å². The molecule has 10 nitrogen and oxygen atoms in total. The van der Waals surface area contributed by atoms with Crippen LogP contribution >= 0.6 is 11.6 Å². The standard InChI is InChI=1S/C36H36ClN7O3/c1-7-22-18-23-14-16-38-32(31(23)39-19-22)40-26-12-8-10-24(21(26)2)25-11-9-13-27(30(25)37)42-34(45)33-41-28-20-44(17-15-29(28)43(33)6)35(46)47-36(3,4)5/h7-14,16,18-19H,1,15,17,20H2,2-6H3,(H,38,40)(H,42,45). The number of anilines is 3. The molecule has 5 aromatic rings. The third-order valence-corrected chi connectivity index (χ3v) is 8.50. The van der Waals surface area contributed by atoms with Crippen LogP contribution in [0.25, 0.3) is 28.1 Å². The van der Waals surface area contributed by atoms with Crippen LogP contribution in [0.3, 0.4) is 0 Å². The molecule has 0 bridgehead atoms. The fourth-order valence-corrected chi connectivity index (χ4v) is 5.97. The first-order chi connectivity index (χ1) is 22.4. The zero-order valence-corrected chi connectivity index (χ0v) is 27.8. The maximum Gasteiger partial charge on any atom is 0.410 e. The Morgan fingerprint density at radius 3 is 2.55 bits per heavy atom. The normalized spacial score (nSPS) is 12.9. The van der Waals surface area contributed by atoms with E-state index < -0.39 is 17.6 Å². The van der Waals surface area contributed by atoms with Crippen molar-refractivity contribution in [2.75, 3.05) is 17.2 Å². The summed E-state index contributed by atoms with van der Waals surface area (Å²) in [7, 11) is 1.81. The lowest BCUT2D eigenvalue weighted by Crippen LogP contribution is -2.40. The number of carbonyl (C=O) groups is 2. The van der Waals surface area contributed by atoms with Gasteiger partial charge in [-0.05, 0) is 68.7 Å². The van der Waals surface area contributed by atoms with E-state index in [-0.39, 0.29) is 12.4 Å². The average Bonchev–Trinajstić information content (AvgIpc) is 3.38. The molecule has 240 valence electrons. The number of nitrogens with one attached hydrogen (secondary N) is 2. The fourth-order valence-electron chi connectivity index (χ4n) is 5.70. The summed E-state index contributed by atoms with van der Waals surface area (Å²) in [4.78, 5) is 41.6. The number of amides is 2. The molecular weight excluding hydrogens is 614 g/mol. The topological polar surface area (TPSA) is 114 Å². The third-order valence-electron chi connectivity index (χ3n) is 8.09. The van der Waals surface area contributed by atoms with E-state index in [9.17, 15) is 9.59 Å². The number of nitrogens with zero attached hydrogens (tertiary/aromatic N) is 5. The van der Waals surface area contributed by atoms with Crippen molar-refractivity contribution in [3.8, 4) is 11.1 Å².